The van der Waals surface area contributed by atoms with Gasteiger partial charge in [0.05, 0.1) is 11.9 Å². The van der Waals surface area contributed by atoms with Gasteiger partial charge in [0.15, 0.2) is 0 Å². The molecular formula is C28H35N3O4S. The monoisotopic (exact) mass is 509 g/mol. The molecule has 0 radical (unpaired) electrons. The Bertz CT molecular complexity index is 1360. The minimum atomic E-state index is -3.81. The van der Waals surface area contributed by atoms with E-state index in [-0.39, 0.29) is 12.5 Å². The highest BCUT2D eigenvalue weighted by molar-refractivity contribution is 7.92. The molecule has 2 amide bonds. The Morgan fingerprint density at radius 3 is 2.25 bits per heavy atom. The molecule has 0 aromatic heterocycles. The molecule has 3 aromatic rings. The molecule has 3 aromatic carbocycles. The van der Waals surface area contributed by atoms with E-state index in [0.717, 1.165) is 32.5 Å². The van der Waals surface area contributed by atoms with E-state index in [1.165, 1.54) is 4.90 Å². The molecule has 1 unspecified atom stereocenters. The fourth-order valence-corrected chi connectivity index (χ4v) is 4.95. The molecule has 192 valence electrons. The Labute approximate surface area is 214 Å². The van der Waals surface area contributed by atoms with Gasteiger partial charge in [0.2, 0.25) is 21.8 Å². The summed E-state index contributed by atoms with van der Waals surface area (Å²) in [7, 11) is -3.81. The van der Waals surface area contributed by atoms with Gasteiger partial charge in [-0.3, -0.25) is 13.9 Å². The van der Waals surface area contributed by atoms with Gasteiger partial charge in [-0.05, 0) is 51.6 Å². The fraction of sp³-hybridized carbons (Fsp3) is 0.357. The minimum Gasteiger partial charge on any atom is -0.350 e. The summed E-state index contributed by atoms with van der Waals surface area (Å²) in [5.74, 6) is -0.772. The van der Waals surface area contributed by atoms with Crippen LogP contribution >= 0.6 is 0 Å². The van der Waals surface area contributed by atoms with Crippen LogP contribution in [0.25, 0.3) is 10.8 Å². The van der Waals surface area contributed by atoms with Gasteiger partial charge < -0.3 is 10.2 Å². The highest BCUT2D eigenvalue weighted by atomic mass is 32.2. The van der Waals surface area contributed by atoms with Gasteiger partial charge in [-0.25, -0.2) is 8.42 Å². The summed E-state index contributed by atoms with van der Waals surface area (Å²) < 4.78 is 26.9. The first-order valence-electron chi connectivity index (χ1n) is 11.9. The third kappa shape index (κ3) is 6.85. The van der Waals surface area contributed by atoms with Crippen molar-refractivity contribution in [1.29, 1.82) is 0 Å². The molecule has 8 heteroatoms. The molecule has 0 fully saturated rings. The average molecular weight is 510 g/mol. The fourth-order valence-electron chi connectivity index (χ4n) is 4.08. The number of aryl methyl sites for hydroxylation is 1. The summed E-state index contributed by atoms with van der Waals surface area (Å²) in [6, 6.07) is 19.7. The average Bonchev–Trinajstić information content (AvgIpc) is 2.78. The number of nitrogens with one attached hydrogen (secondary N) is 1. The predicted octanol–water partition coefficient (Wildman–Crippen LogP) is 4.25. The molecule has 3 rings (SSSR count). The van der Waals surface area contributed by atoms with Gasteiger partial charge >= 0.3 is 0 Å². The van der Waals surface area contributed by atoms with Crippen molar-refractivity contribution >= 4 is 38.3 Å². The quantitative estimate of drug-likeness (QED) is 0.492. The van der Waals surface area contributed by atoms with Crippen LogP contribution in [0.5, 0.6) is 0 Å². The second-order valence-electron chi connectivity index (χ2n) is 10.2. The van der Waals surface area contributed by atoms with E-state index < -0.39 is 34.1 Å². The maximum absolute atomic E-state index is 13.8. The van der Waals surface area contributed by atoms with Gasteiger partial charge in [0.25, 0.3) is 0 Å². The number of rotatable bonds is 8. The third-order valence-electron chi connectivity index (χ3n) is 5.82. The lowest BCUT2D eigenvalue weighted by atomic mass is 10.1. The van der Waals surface area contributed by atoms with E-state index in [1.807, 2.05) is 82.3 Å². The number of sulfonamides is 1. The second-order valence-corrected chi connectivity index (χ2v) is 12.1. The number of fused-ring (bicyclic) bond motifs is 1. The van der Waals surface area contributed by atoms with E-state index in [9.17, 15) is 18.0 Å². The number of amides is 2. The number of benzene rings is 3. The van der Waals surface area contributed by atoms with Crippen LogP contribution in [0.2, 0.25) is 0 Å². The zero-order valence-electron chi connectivity index (χ0n) is 21.8. The molecular weight excluding hydrogens is 474 g/mol. The van der Waals surface area contributed by atoms with Gasteiger partial charge in [0.1, 0.15) is 12.6 Å². The van der Waals surface area contributed by atoms with Crippen molar-refractivity contribution < 1.29 is 18.0 Å². The van der Waals surface area contributed by atoms with Crippen LogP contribution < -0.4 is 9.62 Å². The van der Waals surface area contributed by atoms with Gasteiger partial charge in [-0.1, -0.05) is 66.2 Å². The first-order chi connectivity index (χ1) is 16.8. The molecule has 0 heterocycles. The Balaban J connectivity index is 2.00. The van der Waals surface area contributed by atoms with Crippen LogP contribution in [-0.4, -0.2) is 49.5 Å². The maximum Gasteiger partial charge on any atom is 0.244 e. The molecule has 0 bridgehead atoms. The Morgan fingerprint density at radius 1 is 0.972 bits per heavy atom. The second kappa shape index (κ2) is 10.7. The molecule has 36 heavy (non-hydrogen) atoms. The molecule has 7 nitrogen and oxygen atoms in total. The van der Waals surface area contributed by atoms with E-state index in [0.29, 0.717) is 5.69 Å². The van der Waals surface area contributed by atoms with Crippen molar-refractivity contribution in [3.63, 3.8) is 0 Å². The number of nitrogens with zero attached hydrogens (tertiary/aromatic N) is 2. The normalized spacial score (nSPS) is 12.7. The van der Waals surface area contributed by atoms with Gasteiger partial charge in [0, 0.05) is 17.5 Å². The van der Waals surface area contributed by atoms with Crippen molar-refractivity contribution in [2.45, 2.75) is 52.7 Å². The van der Waals surface area contributed by atoms with Crippen LogP contribution in [0.15, 0.2) is 66.7 Å². The number of hydrogen-bond acceptors (Lipinski definition) is 4. The van der Waals surface area contributed by atoms with Crippen molar-refractivity contribution in [3.05, 3.63) is 77.9 Å². The van der Waals surface area contributed by atoms with E-state index in [2.05, 4.69) is 5.32 Å². The largest absolute Gasteiger partial charge is 0.350 e. The summed E-state index contributed by atoms with van der Waals surface area (Å²) in [5, 5.41) is 4.52. The SMILES string of the molecule is Cc1cccc(CN(C(=O)CN(c2cccc3ccccc23)S(C)(=O)=O)C(C)C(=O)NC(C)(C)C)c1. The zero-order valence-corrected chi connectivity index (χ0v) is 22.6. The summed E-state index contributed by atoms with van der Waals surface area (Å²) >= 11 is 0. The minimum absolute atomic E-state index is 0.173. The van der Waals surface area contributed by atoms with Crippen molar-refractivity contribution in [3.8, 4) is 0 Å². The zero-order chi connectivity index (χ0) is 26.7. The standard InChI is InChI=1S/C28H35N3O4S/c1-20-11-9-12-22(17-20)18-30(21(2)27(33)29-28(3,4)5)26(32)19-31(36(6,34)35)25-16-10-14-23-13-7-8-15-24(23)25/h7-17,21H,18-19H2,1-6H3,(H,29,33). The molecule has 0 spiro atoms. The highest BCUT2D eigenvalue weighted by Crippen LogP contribution is 2.28. The smallest absolute Gasteiger partial charge is 0.244 e. The maximum atomic E-state index is 13.8. The molecule has 0 aliphatic carbocycles. The van der Waals surface area contributed by atoms with Crippen LogP contribution in [0, 0.1) is 6.92 Å². The van der Waals surface area contributed by atoms with Crippen molar-refractivity contribution in [2.75, 3.05) is 17.1 Å². The first-order valence-corrected chi connectivity index (χ1v) is 13.7. The number of hydrogen-bond donors (Lipinski definition) is 1. The van der Waals surface area contributed by atoms with Crippen LogP contribution in [0.4, 0.5) is 5.69 Å². The summed E-state index contributed by atoms with van der Waals surface area (Å²) in [5.41, 5.74) is 1.83. The molecule has 0 saturated carbocycles. The Kier molecular flexibility index (Phi) is 8.09. The molecule has 0 saturated heterocycles. The lowest BCUT2D eigenvalue weighted by molar-refractivity contribution is -0.140. The van der Waals surface area contributed by atoms with E-state index in [1.54, 1.807) is 19.1 Å². The van der Waals surface area contributed by atoms with E-state index in [4.69, 9.17) is 0 Å². The molecule has 1 N–H and O–H groups in total. The number of carbonyl (C=O) groups excluding carboxylic acids is 2. The molecule has 1 atom stereocenters. The Hall–Kier alpha value is -3.39. The topological polar surface area (TPSA) is 86.8 Å². The lowest BCUT2D eigenvalue weighted by Gasteiger charge is -2.33. The Morgan fingerprint density at radius 2 is 1.61 bits per heavy atom. The van der Waals surface area contributed by atoms with Gasteiger partial charge in [-0.15, -0.1) is 0 Å². The van der Waals surface area contributed by atoms with Crippen molar-refractivity contribution in [2.24, 2.45) is 0 Å². The summed E-state index contributed by atoms with van der Waals surface area (Å²) in [6.07, 6.45) is 1.09. The summed E-state index contributed by atoms with van der Waals surface area (Å²) in [6.45, 7) is 8.98. The number of anilines is 1. The predicted molar refractivity (Wildman–Crippen MR) is 145 cm³/mol. The van der Waals surface area contributed by atoms with Crippen LogP contribution in [0.3, 0.4) is 0 Å². The molecule has 0 aliphatic heterocycles. The van der Waals surface area contributed by atoms with E-state index >= 15 is 0 Å². The van der Waals surface area contributed by atoms with Crippen molar-refractivity contribution in [1.82, 2.24) is 10.2 Å². The highest BCUT2D eigenvalue weighted by Gasteiger charge is 2.31. The lowest BCUT2D eigenvalue weighted by Crippen LogP contribution is -2.54. The van der Waals surface area contributed by atoms with Gasteiger partial charge in [-0.2, -0.15) is 0 Å². The number of carbonyl (C=O) groups is 2. The third-order valence-corrected chi connectivity index (χ3v) is 6.94. The molecule has 0 aliphatic rings. The van der Waals surface area contributed by atoms with Crippen LogP contribution in [-0.2, 0) is 26.2 Å². The van der Waals surface area contributed by atoms with Crippen LogP contribution in [0.1, 0.15) is 38.8 Å². The first kappa shape index (κ1) is 27.2. The summed E-state index contributed by atoms with van der Waals surface area (Å²) in [4.78, 5) is 28.2.